The lowest BCUT2D eigenvalue weighted by molar-refractivity contribution is -0.127. The first-order valence-electron chi connectivity index (χ1n) is 12.0. The van der Waals surface area contributed by atoms with Crippen LogP contribution in [-0.4, -0.2) is 102 Å². The molecule has 1 unspecified atom stereocenters. The van der Waals surface area contributed by atoms with E-state index < -0.39 is 0 Å². The number of hydrogen-bond donors (Lipinski definition) is 4. The standard InChI is InChI=1S/C22H43N4O8P/c1-3-20(28)19(26-35)6-4-5-7-24-21(29)16-33-15-13-32-11-9-25-22(30)17-34-14-12-31-10-8-23-18(2)27/h19,26H,3-17,35H2,1-2H3,(H,23,27)(H,24,29)(H,25,30)/t19-/m0/s1. The molecule has 0 fully saturated rings. The molecule has 0 saturated heterocycles. The Morgan fingerprint density at radius 1 is 0.714 bits per heavy atom. The van der Waals surface area contributed by atoms with Crippen molar-refractivity contribution in [3.05, 3.63) is 0 Å². The molecule has 0 rings (SSSR count). The second kappa shape index (κ2) is 24.0. The molecule has 0 saturated carbocycles. The van der Waals surface area contributed by atoms with Gasteiger partial charge in [0.25, 0.3) is 0 Å². The summed E-state index contributed by atoms with van der Waals surface area (Å²) < 4.78 is 21.0. The zero-order valence-electron chi connectivity index (χ0n) is 21.0. The number of carbonyl (C=O) groups excluding carboxylic acids is 4. The first-order chi connectivity index (χ1) is 16.9. The molecule has 2 atom stereocenters. The molecule has 0 aromatic rings. The van der Waals surface area contributed by atoms with Crippen LogP contribution < -0.4 is 21.0 Å². The summed E-state index contributed by atoms with van der Waals surface area (Å²) in [6.45, 7) is 6.40. The first kappa shape index (κ1) is 33.3. The van der Waals surface area contributed by atoms with Gasteiger partial charge in [-0.3, -0.25) is 24.3 Å². The Morgan fingerprint density at radius 3 is 1.74 bits per heavy atom. The van der Waals surface area contributed by atoms with E-state index in [1.807, 2.05) is 6.92 Å². The van der Waals surface area contributed by atoms with E-state index in [0.29, 0.717) is 52.5 Å². The summed E-state index contributed by atoms with van der Waals surface area (Å²) in [6.07, 6.45) is 2.88. The predicted octanol–water partition coefficient (Wildman–Crippen LogP) is -0.681. The van der Waals surface area contributed by atoms with Crippen LogP contribution in [0.2, 0.25) is 0 Å². The Hall–Kier alpha value is -1.69. The molecule has 0 aromatic carbocycles. The molecule has 12 nitrogen and oxygen atoms in total. The summed E-state index contributed by atoms with van der Waals surface area (Å²) in [5, 5.41) is 11.0. The Morgan fingerprint density at radius 2 is 1.23 bits per heavy atom. The maximum Gasteiger partial charge on any atom is 0.246 e. The number of nitrogens with one attached hydrogen (secondary N) is 4. The fourth-order valence-corrected chi connectivity index (χ4v) is 3.07. The second-order valence-corrected chi connectivity index (χ2v) is 7.88. The maximum absolute atomic E-state index is 11.7. The minimum Gasteiger partial charge on any atom is -0.377 e. The van der Waals surface area contributed by atoms with Crippen LogP contribution in [0.3, 0.4) is 0 Å². The molecule has 3 amide bonds. The average Bonchev–Trinajstić information content (AvgIpc) is 2.83. The van der Waals surface area contributed by atoms with Crippen molar-refractivity contribution in [3.63, 3.8) is 0 Å². The number of rotatable bonds is 24. The molecule has 35 heavy (non-hydrogen) atoms. The summed E-state index contributed by atoms with van der Waals surface area (Å²) in [5.41, 5.74) is 0. The summed E-state index contributed by atoms with van der Waals surface area (Å²) >= 11 is 0. The lowest BCUT2D eigenvalue weighted by Gasteiger charge is -2.13. The van der Waals surface area contributed by atoms with E-state index in [0.717, 1.165) is 19.3 Å². The highest BCUT2D eigenvalue weighted by molar-refractivity contribution is 7.13. The van der Waals surface area contributed by atoms with Crippen LogP contribution in [-0.2, 0) is 38.1 Å². The fraction of sp³-hybridized carbons (Fsp3) is 0.818. The van der Waals surface area contributed by atoms with Crippen LogP contribution in [0.4, 0.5) is 0 Å². The normalized spacial score (nSPS) is 11.6. The SMILES string of the molecule is CCC(=O)[C@H](CCCCNC(=O)COCCOCCNC(=O)COCCOCCNC(C)=O)NP. The quantitative estimate of drug-likeness (QED) is 0.0954. The van der Waals surface area contributed by atoms with Crippen LogP contribution in [0.1, 0.15) is 39.5 Å². The molecular formula is C22H43N4O8P. The van der Waals surface area contributed by atoms with Gasteiger partial charge in [-0.1, -0.05) is 16.3 Å². The minimum absolute atomic E-state index is 0.0432. The predicted molar refractivity (Wildman–Crippen MR) is 134 cm³/mol. The van der Waals surface area contributed by atoms with Gasteiger partial charge in [0, 0.05) is 33.0 Å². The molecule has 0 radical (unpaired) electrons. The third-order valence-corrected chi connectivity index (χ3v) is 4.98. The van der Waals surface area contributed by atoms with Gasteiger partial charge in [0.15, 0.2) is 0 Å². The van der Waals surface area contributed by atoms with Gasteiger partial charge in [-0.25, -0.2) is 0 Å². The number of ether oxygens (including phenoxy) is 4. The highest BCUT2D eigenvalue weighted by Gasteiger charge is 2.13. The van der Waals surface area contributed by atoms with Crippen LogP contribution in [0.25, 0.3) is 0 Å². The number of unbranched alkanes of at least 4 members (excludes halogenated alkanes) is 1. The Kier molecular flexibility index (Phi) is 22.9. The average molecular weight is 523 g/mol. The van der Waals surface area contributed by atoms with E-state index in [1.54, 1.807) is 0 Å². The molecule has 204 valence electrons. The monoisotopic (exact) mass is 522 g/mol. The largest absolute Gasteiger partial charge is 0.377 e. The van der Waals surface area contributed by atoms with Crippen LogP contribution in [0, 0.1) is 0 Å². The van der Waals surface area contributed by atoms with Crippen LogP contribution in [0.5, 0.6) is 0 Å². The number of amides is 3. The molecule has 0 aliphatic rings. The third-order valence-electron chi connectivity index (χ3n) is 4.58. The highest BCUT2D eigenvalue weighted by atomic mass is 31.0. The molecular weight excluding hydrogens is 479 g/mol. The molecule has 0 heterocycles. The highest BCUT2D eigenvalue weighted by Crippen LogP contribution is 2.05. The Labute approximate surface area is 210 Å². The van der Waals surface area contributed by atoms with Gasteiger partial charge in [-0.05, 0) is 19.3 Å². The van der Waals surface area contributed by atoms with E-state index >= 15 is 0 Å². The number of hydrogen-bond acceptors (Lipinski definition) is 9. The first-order valence-corrected chi connectivity index (χ1v) is 12.6. The van der Waals surface area contributed by atoms with Crippen molar-refractivity contribution in [1.82, 2.24) is 21.0 Å². The van der Waals surface area contributed by atoms with Gasteiger partial charge in [-0.15, -0.1) is 0 Å². The van der Waals surface area contributed by atoms with Crippen molar-refractivity contribution in [2.24, 2.45) is 0 Å². The molecule has 0 aromatic heterocycles. The van der Waals surface area contributed by atoms with E-state index in [2.05, 4.69) is 30.4 Å². The molecule has 0 aliphatic heterocycles. The molecule has 4 N–H and O–H groups in total. The topological polar surface area (TPSA) is 153 Å². The summed E-state index contributed by atoms with van der Waals surface area (Å²) in [7, 11) is 2.38. The van der Waals surface area contributed by atoms with Gasteiger partial charge >= 0.3 is 0 Å². The lowest BCUT2D eigenvalue weighted by Crippen LogP contribution is -2.32. The van der Waals surface area contributed by atoms with Crippen molar-refractivity contribution in [1.29, 1.82) is 0 Å². The van der Waals surface area contributed by atoms with Crippen LogP contribution >= 0.6 is 9.39 Å². The number of Topliss-reactive ketones (excluding diaryl/α,β-unsaturated/α-hetero) is 1. The minimum atomic E-state index is -0.253. The van der Waals surface area contributed by atoms with Crippen LogP contribution in [0.15, 0.2) is 0 Å². The third kappa shape index (κ3) is 22.5. The zero-order valence-corrected chi connectivity index (χ0v) is 22.2. The van der Waals surface area contributed by atoms with Gasteiger partial charge in [0.1, 0.15) is 19.0 Å². The van der Waals surface area contributed by atoms with Gasteiger partial charge in [0.2, 0.25) is 17.7 Å². The van der Waals surface area contributed by atoms with Gasteiger partial charge < -0.3 is 34.9 Å². The van der Waals surface area contributed by atoms with Crippen molar-refractivity contribution in [2.75, 3.05) is 72.5 Å². The number of carbonyl (C=O) groups is 4. The van der Waals surface area contributed by atoms with Crippen molar-refractivity contribution in [2.45, 2.75) is 45.6 Å². The smallest absolute Gasteiger partial charge is 0.246 e. The lowest BCUT2D eigenvalue weighted by atomic mass is 10.0. The fourth-order valence-electron chi connectivity index (χ4n) is 2.72. The molecule has 0 bridgehead atoms. The van der Waals surface area contributed by atoms with E-state index in [-0.39, 0.29) is 56.0 Å². The molecule has 0 spiro atoms. The second-order valence-electron chi connectivity index (χ2n) is 7.55. The zero-order chi connectivity index (χ0) is 26.2. The molecule has 13 heteroatoms. The Bertz CT molecular complexity index is 598. The Balaban J connectivity index is 3.41. The summed E-state index contributed by atoms with van der Waals surface area (Å²) in [4.78, 5) is 45.7. The number of ketones is 1. The van der Waals surface area contributed by atoms with Gasteiger partial charge in [-0.2, -0.15) is 0 Å². The van der Waals surface area contributed by atoms with E-state index in [4.69, 9.17) is 18.9 Å². The van der Waals surface area contributed by atoms with E-state index in [1.165, 1.54) is 6.92 Å². The summed E-state index contributed by atoms with van der Waals surface area (Å²) in [6, 6.07) is -0.149. The molecule has 0 aliphatic carbocycles. The summed E-state index contributed by atoms with van der Waals surface area (Å²) in [5.74, 6) is -0.368. The maximum atomic E-state index is 11.7. The van der Waals surface area contributed by atoms with Crippen molar-refractivity contribution in [3.8, 4) is 0 Å². The van der Waals surface area contributed by atoms with Crippen molar-refractivity contribution >= 4 is 32.9 Å². The van der Waals surface area contributed by atoms with Crippen molar-refractivity contribution < 1.29 is 38.1 Å². The van der Waals surface area contributed by atoms with Gasteiger partial charge in [0.05, 0.1) is 45.7 Å². The van der Waals surface area contributed by atoms with E-state index in [9.17, 15) is 19.2 Å².